The van der Waals surface area contributed by atoms with Crippen LogP contribution in [0.1, 0.15) is 15.9 Å². The molecule has 0 aromatic heterocycles. The minimum absolute atomic E-state index is 0.0183. The van der Waals surface area contributed by atoms with E-state index in [0.29, 0.717) is 23.0 Å². The van der Waals surface area contributed by atoms with E-state index in [1.165, 1.54) is 24.3 Å². The molecule has 0 aliphatic rings. The molecule has 0 saturated heterocycles. The monoisotopic (exact) mass is 511 g/mol. The van der Waals surface area contributed by atoms with E-state index in [4.69, 9.17) is 40.2 Å². The minimum Gasteiger partial charge on any atom is -0.354 e. The molecule has 3 aromatic carbocycles. The molecule has 4 nitrogen and oxygen atoms in total. The molecule has 3 aromatic rings. The zero-order valence-corrected chi connectivity index (χ0v) is 18.9. The molecule has 0 saturated carbocycles. The molecule has 0 fully saturated rings. The zero-order valence-electron chi connectivity index (χ0n) is 16.6. The number of allylic oxidation sites excluding steroid dienone is 1. The minimum atomic E-state index is -4.83. The molecule has 33 heavy (non-hydrogen) atoms. The molecule has 3 rings (SSSR count). The highest BCUT2D eigenvalue weighted by Crippen LogP contribution is 2.30. The standard InChI is InChI=1S/C23H15Cl3F3N3O/c24-15-4-1-2-6-17(15)31-19(12-20(30)23(27,28)29)13-8-10-14(11-9-13)22(33)32-18-7-3-5-16(25)21(18)26/h1-12,30-31H,(H,32,33)/b19-12-,30-20?. The van der Waals surface area contributed by atoms with Gasteiger partial charge >= 0.3 is 6.18 Å². The van der Waals surface area contributed by atoms with Crippen molar-refractivity contribution in [3.05, 3.63) is 99.0 Å². The first-order valence-corrected chi connectivity index (χ1v) is 10.4. The predicted octanol–water partition coefficient (Wildman–Crippen LogP) is 7.93. The Balaban J connectivity index is 1.89. The number of hydrogen-bond donors (Lipinski definition) is 3. The average Bonchev–Trinajstić information content (AvgIpc) is 2.77. The third-order valence-corrected chi connectivity index (χ3v) is 5.54. The second kappa shape index (κ2) is 10.3. The van der Waals surface area contributed by atoms with E-state index in [1.54, 1.807) is 42.5 Å². The van der Waals surface area contributed by atoms with Gasteiger partial charge in [0.05, 0.1) is 26.4 Å². The van der Waals surface area contributed by atoms with Gasteiger partial charge in [-0.2, -0.15) is 13.2 Å². The first-order chi connectivity index (χ1) is 15.6. The number of hydrogen-bond acceptors (Lipinski definition) is 3. The highest BCUT2D eigenvalue weighted by Gasteiger charge is 2.33. The van der Waals surface area contributed by atoms with Crippen LogP contribution in [0.2, 0.25) is 15.1 Å². The lowest BCUT2D eigenvalue weighted by molar-refractivity contribution is -0.0583. The first kappa shape index (κ1) is 24.6. The third-order valence-electron chi connectivity index (χ3n) is 4.40. The lowest BCUT2D eigenvalue weighted by atomic mass is 10.1. The van der Waals surface area contributed by atoms with E-state index in [-0.39, 0.29) is 26.3 Å². The van der Waals surface area contributed by atoms with Crippen molar-refractivity contribution >= 4 is 63.5 Å². The van der Waals surface area contributed by atoms with Gasteiger partial charge in [0.1, 0.15) is 5.71 Å². The summed E-state index contributed by atoms with van der Waals surface area (Å²) in [5.41, 5.74) is -0.348. The Bertz CT molecular complexity index is 1230. The van der Waals surface area contributed by atoms with Crippen molar-refractivity contribution in [1.29, 1.82) is 5.41 Å². The maximum atomic E-state index is 13.0. The number of amides is 1. The van der Waals surface area contributed by atoms with Crippen LogP contribution >= 0.6 is 34.8 Å². The van der Waals surface area contributed by atoms with Gasteiger partial charge in [-0.25, -0.2) is 0 Å². The summed E-state index contributed by atoms with van der Waals surface area (Å²) in [6.45, 7) is 0. The van der Waals surface area contributed by atoms with Crippen molar-refractivity contribution in [1.82, 2.24) is 0 Å². The Morgan fingerprint density at radius 2 is 1.36 bits per heavy atom. The topological polar surface area (TPSA) is 65.0 Å². The molecule has 0 radical (unpaired) electrons. The number of benzene rings is 3. The van der Waals surface area contributed by atoms with E-state index in [1.807, 2.05) is 0 Å². The Labute approximate surface area is 202 Å². The summed E-state index contributed by atoms with van der Waals surface area (Å²) in [6.07, 6.45) is -4.17. The van der Waals surface area contributed by atoms with Crippen LogP contribution in [0.25, 0.3) is 5.70 Å². The van der Waals surface area contributed by atoms with E-state index in [0.717, 1.165) is 0 Å². The molecule has 0 unspecified atom stereocenters. The molecule has 0 aliphatic heterocycles. The Morgan fingerprint density at radius 1 is 0.788 bits per heavy atom. The van der Waals surface area contributed by atoms with Crippen LogP contribution in [0.15, 0.2) is 72.8 Å². The van der Waals surface area contributed by atoms with Crippen molar-refractivity contribution in [3.63, 3.8) is 0 Å². The van der Waals surface area contributed by atoms with Gasteiger partial charge in [-0.15, -0.1) is 0 Å². The van der Waals surface area contributed by atoms with E-state index in [2.05, 4.69) is 10.6 Å². The zero-order chi connectivity index (χ0) is 24.2. The molecule has 0 aliphatic carbocycles. The number of halogens is 6. The van der Waals surface area contributed by atoms with Crippen LogP contribution in [0, 0.1) is 5.41 Å². The molecular weight excluding hydrogens is 498 g/mol. The molecule has 10 heteroatoms. The van der Waals surface area contributed by atoms with E-state index in [9.17, 15) is 18.0 Å². The molecule has 0 atom stereocenters. The molecular formula is C23H15Cl3F3N3O. The maximum absolute atomic E-state index is 13.0. The van der Waals surface area contributed by atoms with Gasteiger partial charge < -0.3 is 10.6 Å². The summed E-state index contributed by atoms with van der Waals surface area (Å²) in [7, 11) is 0. The van der Waals surface area contributed by atoms with Crippen molar-refractivity contribution < 1.29 is 18.0 Å². The molecule has 0 bridgehead atoms. The van der Waals surface area contributed by atoms with Crippen LogP contribution in [0.5, 0.6) is 0 Å². The summed E-state index contributed by atoms with van der Waals surface area (Å²) in [6, 6.07) is 17.1. The number of anilines is 2. The van der Waals surface area contributed by atoms with Crippen molar-refractivity contribution in [2.24, 2.45) is 0 Å². The Morgan fingerprint density at radius 3 is 2.00 bits per heavy atom. The second-order valence-corrected chi connectivity index (χ2v) is 7.90. The summed E-state index contributed by atoms with van der Waals surface area (Å²) in [5, 5.41) is 13.6. The fraction of sp³-hybridized carbons (Fsp3) is 0.0435. The van der Waals surface area contributed by atoms with E-state index >= 15 is 0 Å². The lowest BCUT2D eigenvalue weighted by Crippen LogP contribution is -2.20. The van der Waals surface area contributed by atoms with Gasteiger partial charge in [0.15, 0.2) is 0 Å². The number of carbonyl (C=O) groups excluding carboxylic acids is 1. The number of nitrogens with one attached hydrogen (secondary N) is 3. The first-order valence-electron chi connectivity index (χ1n) is 9.31. The van der Waals surface area contributed by atoms with Gasteiger partial charge in [-0.3, -0.25) is 10.2 Å². The highest BCUT2D eigenvalue weighted by molar-refractivity contribution is 6.44. The van der Waals surface area contributed by atoms with Crippen LogP contribution in [-0.2, 0) is 0 Å². The van der Waals surface area contributed by atoms with Crippen LogP contribution in [-0.4, -0.2) is 17.8 Å². The molecule has 170 valence electrons. The summed E-state index contributed by atoms with van der Waals surface area (Å²) >= 11 is 18.1. The van der Waals surface area contributed by atoms with Crippen LogP contribution in [0.3, 0.4) is 0 Å². The Hall–Kier alpha value is -3.00. The number of rotatable bonds is 6. The molecule has 3 N–H and O–H groups in total. The smallest absolute Gasteiger partial charge is 0.354 e. The molecule has 0 spiro atoms. The summed E-state index contributed by atoms with van der Waals surface area (Å²) in [4.78, 5) is 12.6. The average molecular weight is 513 g/mol. The fourth-order valence-electron chi connectivity index (χ4n) is 2.72. The molecule has 1 amide bonds. The predicted molar refractivity (Wildman–Crippen MR) is 128 cm³/mol. The van der Waals surface area contributed by atoms with Gasteiger partial charge in [0.2, 0.25) is 0 Å². The normalized spacial score (nSPS) is 11.8. The fourth-order valence-corrected chi connectivity index (χ4v) is 3.25. The van der Waals surface area contributed by atoms with Crippen molar-refractivity contribution in [2.75, 3.05) is 10.6 Å². The van der Waals surface area contributed by atoms with Gasteiger partial charge in [-0.05, 0) is 48.0 Å². The molecule has 0 heterocycles. The van der Waals surface area contributed by atoms with Gasteiger partial charge in [0, 0.05) is 11.3 Å². The number of carbonyl (C=O) groups is 1. The summed E-state index contributed by atoms with van der Waals surface area (Å²) < 4.78 is 39.0. The number of alkyl halides is 3. The quantitative estimate of drug-likeness (QED) is 0.294. The van der Waals surface area contributed by atoms with Crippen molar-refractivity contribution in [3.8, 4) is 0 Å². The van der Waals surface area contributed by atoms with Crippen molar-refractivity contribution in [2.45, 2.75) is 6.18 Å². The largest absolute Gasteiger partial charge is 0.432 e. The SMILES string of the molecule is N=C(/C=C(\Nc1ccccc1Cl)c1ccc(C(=O)Nc2cccc(Cl)c2Cl)cc1)C(F)(F)F. The number of para-hydroxylation sites is 1. The van der Waals surface area contributed by atoms with E-state index < -0.39 is 17.8 Å². The second-order valence-electron chi connectivity index (χ2n) is 6.71. The lowest BCUT2D eigenvalue weighted by Gasteiger charge is -2.15. The highest BCUT2D eigenvalue weighted by atomic mass is 35.5. The van der Waals surface area contributed by atoms with Crippen LogP contribution in [0.4, 0.5) is 24.5 Å². The third kappa shape index (κ3) is 6.28. The Kier molecular flexibility index (Phi) is 7.68. The van der Waals surface area contributed by atoms with Crippen LogP contribution < -0.4 is 10.6 Å². The maximum Gasteiger partial charge on any atom is 0.432 e. The summed E-state index contributed by atoms with van der Waals surface area (Å²) in [5.74, 6) is -0.488. The van der Waals surface area contributed by atoms with Gasteiger partial charge in [-0.1, -0.05) is 65.1 Å². The van der Waals surface area contributed by atoms with Gasteiger partial charge in [0.25, 0.3) is 5.91 Å².